The van der Waals surface area contributed by atoms with Crippen molar-refractivity contribution in [3.05, 3.63) is 93.5 Å². The molecule has 1 heterocycles. The molecule has 0 bridgehead atoms. The monoisotopic (exact) mass is 477 g/mol. The van der Waals surface area contributed by atoms with Gasteiger partial charge in [-0.1, -0.05) is 70.5 Å². The summed E-state index contributed by atoms with van der Waals surface area (Å²) >= 11 is 3.55. The van der Waals surface area contributed by atoms with Crippen LogP contribution in [0.25, 0.3) is 11.1 Å². The zero-order valence-corrected chi connectivity index (χ0v) is 18.2. The minimum Gasteiger partial charge on any atom is -0.481 e. The van der Waals surface area contributed by atoms with Crippen LogP contribution in [-0.2, 0) is 28.9 Å². The Kier molecular flexibility index (Phi) is 5.02. The van der Waals surface area contributed by atoms with Gasteiger partial charge in [0.05, 0.1) is 19.0 Å². The molecule has 1 amide bonds. The summed E-state index contributed by atoms with van der Waals surface area (Å²) in [5.74, 6) is -0.862. The molecule has 1 fully saturated rings. The topological polar surface area (TPSA) is 66.8 Å². The number of carboxylic acid groups (broad SMARTS) is 1. The molecule has 2 aliphatic rings. The Morgan fingerprint density at radius 3 is 2.77 bits per heavy atom. The van der Waals surface area contributed by atoms with Gasteiger partial charge in [-0.2, -0.15) is 0 Å². The molecule has 6 heteroatoms. The van der Waals surface area contributed by atoms with Gasteiger partial charge in [0.2, 0.25) is 0 Å². The summed E-state index contributed by atoms with van der Waals surface area (Å²) in [5, 5.41) is 9.14. The lowest BCUT2D eigenvalue weighted by Gasteiger charge is -2.23. The zero-order chi connectivity index (χ0) is 21.5. The number of carbonyl (C=O) groups excluding carboxylic acids is 1. The van der Waals surface area contributed by atoms with E-state index in [-0.39, 0.29) is 24.7 Å². The first-order valence-corrected chi connectivity index (χ1v) is 10.9. The van der Waals surface area contributed by atoms with E-state index in [1.165, 1.54) is 5.56 Å². The van der Waals surface area contributed by atoms with Crippen molar-refractivity contribution in [3.63, 3.8) is 0 Å². The maximum Gasteiger partial charge on any atom is 0.411 e. The number of rotatable bonds is 5. The number of hydrogen-bond donors (Lipinski definition) is 1. The third-order valence-electron chi connectivity index (χ3n) is 5.97. The zero-order valence-electron chi connectivity index (χ0n) is 16.6. The van der Waals surface area contributed by atoms with E-state index in [1.807, 2.05) is 59.5 Å². The van der Waals surface area contributed by atoms with Crippen LogP contribution in [0.4, 0.5) is 4.79 Å². The van der Waals surface area contributed by atoms with Crippen LogP contribution in [-0.4, -0.2) is 28.2 Å². The predicted octanol–water partition coefficient (Wildman–Crippen LogP) is 5.36. The van der Waals surface area contributed by atoms with E-state index in [1.54, 1.807) is 0 Å². The van der Waals surface area contributed by atoms with Gasteiger partial charge < -0.3 is 9.84 Å². The van der Waals surface area contributed by atoms with E-state index in [0.29, 0.717) is 6.54 Å². The number of ether oxygens (including phenoxy) is 1. The number of aliphatic carboxylic acids is 1. The second kappa shape index (κ2) is 7.85. The van der Waals surface area contributed by atoms with Crippen LogP contribution >= 0.6 is 15.9 Å². The van der Waals surface area contributed by atoms with Crippen molar-refractivity contribution in [2.24, 2.45) is 0 Å². The van der Waals surface area contributed by atoms with Crippen LogP contribution in [0.15, 0.2) is 71.2 Å². The molecule has 1 saturated heterocycles. The second-order valence-corrected chi connectivity index (χ2v) is 8.89. The molecule has 3 aromatic carbocycles. The summed E-state index contributed by atoms with van der Waals surface area (Å²) in [6.07, 6.45) is 0.263. The fourth-order valence-corrected chi connectivity index (χ4v) is 5.08. The molecular formula is C25H20BrNO4. The number of amides is 1. The van der Waals surface area contributed by atoms with Crippen molar-refractivity contribution in [3.8, 4) is 11.1 Å². The molecule has 1 aliphatic carbocycles. The highest BCUT2D eigenvalue weighted by atomic mass is 79.9. The first kappa shape index (κ1) is 19.8. The standard InChI is InChI=1S/C25H20BrNO4/c26-19-8-9-20(16-6-3-4-15(10-16)11-23(28)29)18(12-19)14-27-24-21-7-2-1-5-17(21)13-22(24)31-25(27)30/h1-10,12,22,24H,11,13-14H2,(H,28,29). The van der Waals surface area contributed by atoms with Crippen molar-refractivity contribution in [1.29, 1.82) is 0 Å². The largest absolute Gasteiger partial charge is 0.481 e. The van der Waals surface area contributed by atoms with E-state index in [0.717, 1.165) is 38.7 Å². The van der Waals surface area contributed by atoms with Crippen molar-refractivity contribution in [1.82, 2.24) is 4.90 Å². The Labute approximate surface area is 188 Å². The quantitative estimate of drug-likeness (QED) is 0.536. The summed E-state index contributed by atoms with van der Waals surface area (Å²) in [6.45, 7) is 0.409. The van der Waals surface area contributed by atoms with E-state index < -0.39 is 5.97 Å². The minimum absolute atomic E-state index is 0.0291. The van der Waals surface area contributed by atoms with Gasteiger partial charge in [-0.15, -0.1) is 0 Å². The molecule has 0 aromatic heterocycles. The number of fused-ring (bicyclic) bond motifs is 3. The Hall–Kier alpha value is -3.12. The lowest BCUT2D eigenvalue weighted by molar-refractivity contribution is -0.136. The van der Waals surface area contributed by atoms with Crippen LogP contribution in [0.1, 0.15) is 28.3 Å². The van der Waals surface area contributed by atoms with E-state index >= 15 is 0 Å². The van der Waals surface area contributed by atoms with Crippen molar-refractivity contribution >= 4 is 28.0 Å². The van der Waals surface area contributed by atoms with E-state index in [4.69, 9.17) is 9.84 Å². The smallest absolute Gasteiger partial charge is 0.411 e. The molecular weight excluding hydrogens is 458 g/mol. The average Bonchev–Trinajstić information content (AvgIpc) is 3.23. The molecule has 5 rings (SSSR count). The Balaban J connectivity index is 1.51. The maximum absolute atomic E-state index is 12.7. The molecule has 0 saturated carbocycles. The third kappa shape index (κ3) is 3.72. The predicted molar refractivity (Wildman–Crippen MR) is 120 cm³/mol. The van der Waals surface area contributed by atoms with Gasteiger partial charge in [0.1, 0.15) is 6.10 Å². The highest BCUT2D eigenvalue weighted by Crippen LogP contribution is 2.44. The third-order valence-corrected chi connectivity index (χ3v) is 6.46. The Bertz CT molecular complexity index is 1190. The van der Waals surface area contributed by atoms with Gasteiger partial charge in [-0.05, 0) is 45.5 Å². The number of halogens is 1. The van der Waals surface area contributed by atoms with Gasteiger partial charge in [0.15, 0.2) is 0 Å². The Morgan fingerprint density at radius 1 is 1.10 bits per heavy atom. The lowest BCUT2D eigenvalue weighted by atomic mass is 9.96. The van der Waals surface area contributed by atoms with Gasteiger partial charge in [0.25, 0.3) is 0 Å². The van der Waals surface area contributed by atoms with E-state index in [9.17, 15) is 9.59 Å². The minimum atomic E-state index is -0.862. The summed E-state index contributed by atoms with van der Waals surface area (Å²) in [6, 6.07) is 21.6. The first-order chi connectivity index (χ1) is 15.0. The van der Waals surface area contributed by atoms with Crippen molar-refractivity contribution in [2.75, 3.05) is 0 Å². The molecule has 2 atom stereocenters. The van der Waals surface area contributed by atoms with Crippen LogP contribution in [0.3, 0.4) is 0 Å². The van der Waals surface area contributed by atoms with Gasteiger partial charge in [-0.25, -0.2) is 4.79 Å². The first-order valence-electron chi connectivity index (χ1n) is 10.1. The molecule has 156 valence electrons. The molecule has 5 nitrogen and oxygen atoms in total. The Morgan fingerprint density at radius 2 is 1.94 bits per heavy atom. The number of nitrogens with zero attached hydrogens (tertiary/aromatic N) is 1. The van der Waals surface area contributed by atoms with E-state index in [2.05, 4.69) is 28.1 Å². The molecule has 1 N–H and O–H groups in total. The van der Waals surface area contributed by atoms with Crippen LogP contribution < -0.4 is 0 Å². The molecule has 31 heavy (non-hydrogen) atoms. The van der Waals surface area contributed by atoms with Crippen LogP contribution in [0.5, 0.6) is 0 Å². The van der Waals surface area contributed by atoms with Gasteiger partial charge in [-0.3, -0.25) is 9.69 Å². The van der Waals surface area contributed by atoms with Crippen LogP contribution in [0, 0.1) is 0 Å². The summed E-state index contributed by atoms with van der Waals surface area (Å²) < 4.78 is 6.62. The number of hydrogen-bond acceptors (Lipinski definition) is 3. The SMILES string of the molecule is O=C(O)Cc1cccc(-c2ccc(Br)cc2CN2C(=O)OC3Cc4ccccc4C32)c1. The fraction of sp³-hybridized carbons (Fsp3) is 0.200. The molecule has 0 radical (unpaired) electrons. The number of benzene rings is 3. The second-order valence-electron chi connectivity index (χ2n) is 7.97. The molecule has 3 aromatic rings. The maximum atomic E-state index is 12.7. The van der Waals surface area contributed by atoms with Gasteiger partial charge >= 0.3 is 12.1 Å². The van der Waals surface area contributed by atoms with Crippen LogP contribution in [0.2, 0.25) is 0 Å². The van der Waals surface area contributed by atoms with Crippen molar-refractivity contribution < 1.29 is 19.4 Å². The summed E-state index contributed by atoms with van der Waals surface area (Å²) in [4.78, 5) is 25.7. The number of carboxylic acids is 1. The average molecular weight is 478 g/mol. The fourth-order valence-electron chi connectivity index (χ4n) is 4.67. The molecule has 0 spiro atoms. The molecule has 1 aliphatic heterocycles. The number of carbonyl (C=O) groups is 2. The highest BCUT2D eigenvalue weighted by Gasteiger charge is 2.47. The summed E-state index contributed by atoms with van der Waals surface area (Å²) in [5.41, 5.74) is 5.99. The van der Waals surface area contributed by atoms with Crippen molar-refractivity contribution in [2.45, 2.75) is 31.5 Å². The normalized spacial score (nSPS) is 19.1. The summed E-state index contributed by atoms with van der Waals surface area (Å²) in [7, 11) is 0. The van der Waals surface area contributed by atoms with Gasteiger partial charge in [0, 0.05) is 10.9 Å². The molecule has 2 unspecified atom stereocenters. The highest BCUT2D eigenvalue weighted by molar-refractivity contribution is 9.10. The lowest BCUT2D eigenvalue weighted by Crippen LogP contribution is -2.27.